The molecule has 0 aliphatic carbocycles. The zero-order valence-electron chi connectivity index (χ0n) is 29.7. The van der Waals surface area contributed by atoms with Gasteiger partial charge in [-0.15, -0.1) is 0 Å². The third kappa shape index (κ3) is 6.22. The summed E-state index contributed by atoms with van der Waals surface area (Å²) in [6.45, 7) is 0.926. The van der Waals surface area contributed by atoms with Gasteiger partial charge in [0.25, 0.3) is 0 Å². The maximum Gasteiger partial charge on any atom is 0.232 e. The van der Waals surface area contributed by atoms with E-state index in [0.717, 1.165) is 16.6 Å². The fourth-order valence-corrected chi connectivity index (χ4v) is 7.79. The first-order chi connectivity index (χ1) is 26.2. The number of sulfonamides is 1. The maximum absolute atomic E-state index is 15.3. The van der Waals surface area contributed by atoms with Crippen LogP contribution in [0.15, 0.2) is 71.1 Å². The molecule has 1 saturated heterocycles. The van der Waals surface area contributed by atoms with Crippen LogP contribution in [0.4, 0.5) is 23.2 Å². The summed E-state index contributed by atoms with van der Waals surface area (Å²) in [4.78, 5) is 11.9. The lowest BCUT2D eigenvalue weighted by Gasteiger charge is -2.32. The second kappa shape index (κ2) is 13.3. The van der Waals surface area contributed by atoms with E-state index in [-0.39, 0.29) is 53.2 Å². The molecule has 16 heteroatoms. The molecule has 1 atom stereocenters. The maximum atomic E-state index is 15.3. The van der Waals surface area contributed by atoms with Crippen LogP contribution in [0.25, 0.3) is 61.0 Å². The van der Waals surface area contributed by atoms with E-state index in [1.165, 1.54) is 32.3 Å². The molecule has 0 saturated carbocycles. The SMILES string of the molecule is CNC(O)c1c(-c2ccc(F)cc2F)oc2cc(N(C)S(C)(=O)=O)c(-c3ccc4nc(CN5CCC(F)(C#N)CC5)n5c6cccc(F)c6cc5c4n3)cc12. The molecule has 282 valence electrons. The van der Waals surface area contributed by atoms with Crippen molar-refractivity contribution in [2.45, 2.75) is 31.3 Å². The zero-order valence-corrected chi connectivity index (χ0v) is 30.6. The third-order valence-corrected chi connectivity index (χ3v) is 11.5. The van der Waals surface area contributed by atoms with Crippen LogP contribution in [-0.4, -0.2) is 71.9 Å². The zero-order chi connectivity index (χ0) is 39.0. The highest BCUT2D eigenvalue weighted by Gasteiger charge is 2.35. The Hall–Kier alpha value is -5.60. The number of rotatable bonds is 8. The van der Waals surface area contributed by atoms with Gasteiger partial charge >= 0.3 is 0 Å². The largest absolute Gasteiger partial charge is 0.455 e. The fraction of sp³-hybridized carbons (Fsp3) is 0.256. The summed E-state index contributed by atoms with van der Waals surface area (Å²) in [5, 5.41) is 23.8. The van der Waals surface area contributed by atoms with Gasteiger partial charge in [-0.1, -0.05) is 6.07 Å². The molecular formula is C39H33F4N7O4S. The monoisotopic (exact) mass is 771 g/mol. The minimum atomic E-state index is -3.87. The van der Waals surface area contributed by atoms with Gasteiger partial charge in [-0.25, -0.2) is 35.9 Å². The van der Waals surface area contributed by atoms with Crippen molar-refractivity contribution >= 4 is 54.1 Å². The highest BCUT2D eigenvalue weighted by atomic mass is 32.2. The summed E-state index contributed by atoms with van der Waals surface area (Å²) in [5.41, 5.74) is 0.808. The van der Waals surface area contributed by atoms with Crippen molar-refractivity contribution in [2.24, 2.45) is 0 Å². The Morgan fingerprint density at radius 2 is 1.76 bits per heavy atom. The lowest BCUT2D eigenvalue weighted by Crippen LogP contribution is -2.40. The van der Waals surface area contributed by atoms with Gasteiger partial charge in [0.1, 0.15) is 52.4 Å². The van der Waals surface area contributed by atoms with E-state index >= 15 is 8.78 Å². The number of nitrogens with one attached hydrogen (secondary N) is 1. The molecule has 55 heavy (non-hydrogen) atoms. The second-order valence-electron chi connectivity index (χ2n) is 13.7. The summed E-state index contributed by atoms with van der Waals surface area (Å²) in [7, 11) is -1.04. The van der Waals surface area contributed by atoms with Crippen molar-refractivity contribution in [3.63, 3.8) is 0 Å². The number of hydrogen-bond acceptors (Lipinski definition) is 9. The molecule has 0 bridgehead atoms. The number of hydrogen-bond donors (Lipinski definition) is 2. The van der Waals surface area contributed by atoms with Gasteiger partial charge in [0.15, 0.2) is 5.67 Å². The van der Waals surface area contributed by atoms with E-state index < -0.39 is 39.4 Å². The number of furan rings is 1. The van der Waals surface area contributed by atoms with E-state index in [1.807, 2.05) is 4.90 Å². The minimum absolute atomic E-state index is 0.0465. The van der Waals surface area contributed by atoms with Gasteiger partial charge in [0.2, 0.25) is 10.0 Å². The molecule has 7 aromatic rings. The number of likely N-dealkylation sites (tertiary alicyclic amines) is 1. The van der Waals surface area contributed by atoms with Crippen LogP contribution in [0.5, 0.6) is 0 Å². The van der Waals surface area contributed by atoms with Crippen molar-refractivity contribution in [3.05, 3.63) is 95.6 Å². The number of pyridine rings is 1. The highest BCUT2D eigenvalue weighted by Crippen LogP contribution is 2.44. The topological polar surface area (TPSA) is 140 Å². The normalized spacial score (nSPS) is 15.6. The number of benzene rings is 3. The molecule has 1 unspecified atom stereocenters. The molecule has 1 aliphatic rings. The Balaban J connectivity index is 1.36. The lowest BCUT2D eigenvalue weighted by atomic mass is 9.95. The number of nitrogens with zero attached hydrogens (tertiary/aromatic N) is 6. The molecular weight excluding hydrogens is 739 g/mol. The Morgan fingerprint density at radius 1 is 1.00 bits per heavy atom. The molecule has 0 spiro atoms. The van der Waals surface area contributed by atoms with Crippen molar-refractivity contribution in [1.29, 1.82) is 5.26 Å². The standard InChI is InChI=1S/C39H33F4N7O4S/c1-45-38(51)35-25-16-24(31(48(2)55(3,52)53)18-33(25)54-37(35)22-8-7-21(40)15-27(22)42)28-9-10-29-36(47-28)32-17-23-26(41)5-4-6-30(23)50(32)34(46-29)19-49-13-11-39(43,20-44)12-14-49/h4-10,15-18,38,45,51H,11-14,19H2,1-3H3. The summed E-state index contributed by atoms with van der Waals surface area (Å²) >= 11 is 0. The molecule has 11 nitrogen and oxygen atoms in total. The number of anilines is 1. The van der Waals surface area contributed by atoms with Gasteiger partial charge in [-0.2, -0.15) is 5.26 Å². The number of aromatic nitrogens is 3. The van der Waals surface area contributed by atoms with Gasteiger partial charge in [0.05, 0.1) is 46.3 Å². The van der Waals surface area contributed by atoms with E-state index in [4.69, 9.17) is 14.4 Å². The van der Waals surface area contributed by atoms with E-state index in [1.54, 1.807) is 46.9 Å². The van der Waals surface area contributed by atoms with Crippen molar-refractivity contribution < 1.29 is 35.5 Å². The predicted molar refractivity (Wildman–Crippen MR) is 200 cm³/mol. The van der Waals surface area contributed by atoms with E-state index in [2.05, 4.69) is 5.32 Å². The average Bonchev–Trinajstić information content (AvgIpc) is 3.74. The minimum Gasteiger partial charge on any atom is -0.455 e. The number of alkyl halides is 1. The molecule has 8 rings (SSSR count). The molecule has 1 aliphatic heterocycles. The van der Waals surface area contributed by atoms with Crippen LogP contribution in [0.1, 0.15) is 30.5 Å². The molecule has 3 aromatic carbocycles. The van der Waals surface area contributed by atoms with Gasteiger partial charge in [-0.05, 0) is 55.6 Å². The van der Waals surface area contributed by atoms with Crippen molar-refractivity contribution in [2.75, 3.05) is 37.7 Å². The van der Waals surface area contributed by atoms with E-state index in [0.29, 0.717) is 63.4 Å². The van der Waals surface area contributed by atoms with Crippen molar-refractivity contribution in [1.82, 2.24) is 24.6 Å². The first kappa shape index (κ1) is 36.4. The Kier molecular flexibility index (Phi) is 8.80. The van der Waals surface area contributed by atoms with Crippen molar-refractivity contribution in [3.8, 4) is 28.7 Å². The van der Waals surface area contributed by atoms with Crippen LogP contribution in [0.2, 0.25) is 0 Å². The quantitative estimate of drug-likeness (QED) is 0.124. The van der Waals surface area contributed by atoms with Gasteiger partial charge < -0.3 is 9.52 Å². The van der Waals surface area contributed by atoms with Crippen LogP contribution in [0.3, 0.4) is 0 Å². The Morgan fingerprint density at radius 3 is 2.45 bits per heavy atom. The summed E-state index contributed by atoms with van der Waals surface area (Å²) < 4.78 is 94.0. The molecule has 4 aromatic heterocycles. The number of aliphatic hydroxyl groups excluding tert-OH is 1. The number of aliphatic hydroxyl groups is 1. The molecule has 2 N–H and O–H groups in total. The van der Waals surface area contributed by atoms with Crippen LogP contribution < -0.4 is 9.62 Å². The smallest absolute Gasteiger partial charge is 0.232 e. The van der Waals surface area contributed by atoms with Crippen LogP contribution >= 0.6 is 0 Å². The molecule has 0 radical (unpaired) electrons. The van der Waals surface area contributed by atoms with Crippen LogP contribution in [0, 0.1) is 28.8 Å². The van der Waals surface area contributed by atoms with E-state index in [9.17, 15) is 27.6 Å². The fourth-order valence-electron chi connectivity index (χ4n) is 7.28. The Labute approximate surface area is 312 Å². The molecule has 5 heterocycles. The van der Waals surface area contributed by atoms with Crippen LogP contribution in [-0.2, 0) is 16.6 Å². The number of piperidine rings is 1. The van der Waals surface area contributed by atoms with Gasteiger partial charge in [-0.3, -0.25) is 18.9 Å². The molecule has 0 amide bonds. The first-order valence-corrected chi connectivity index (χ1v) is 19.1. The summed E-state index contributed by atoms with van der Waals surface area (Å²) in [6.07, 6.45) is -0.267. The summed E-state index contributed by atoms with van der Waals surface area (Å²) in [5.74, 6) is -1.75. The average molecular weight is 772 g/mol. The predicted octanol–water partition coefficient (Wildman–Crippen LogP) is 6.97. The summed E-state index contributed by atoms with van der Waals surface area (Å²) in [6, 6.07) is 17.5. The number of fused-ring (bicyclic) bond motifs is 6. The second-order valence-corrected chi connectivity index (χ2v) is 15.8. The third-order valence-electron chi connectivity index (χ3n) is 10.3. The lowest BCUT2D eigenvalue weighted by molar-refractivity contribution is 0.0967. The Bertz CT molecular complexity index is 2850. The first-order valence-electron chi connectivity index (χ1n) is 17.3. The molecule has 1 fully saturated rings. The number of nitriles is 1. The van der Waals surface area contributed by atoms with Gasteiger partial charge in [0, 0.05) is 67.0 Å². The highest BCUT2D eigenvalue weighted by molar-refractivity contribution is 7.92. The number of halogens is 4.